The van der Waals surface area contributed by atoms with Crippen molar-refractivity contribution in [2.24, 2.45) is 4.99 Å². The van der Waals surface area contributed by atoms with Crippen molar-refractivity contribution >= 4 is 40.3 Å². The fourth-order valence-corrected chi connectivity index (χ4v) is 4.39. The smallest absolute Gasteiger partial charge is 0.269 e. The molecule has 0 atom stereocenters. The van der Waals surface area contributed by atoms with Gasteiger partial charge >= 0.3 is 0 Å². The summed E-state index contributed by atoms with van der Waals surface area (Å²) in [6, 6.07) is 17.6. The standard InChI is InChI=1S/C24H21N3O4S/c1-3-16-7-5-6-8-20(16)25-24-26(4-2)23(28)22(32-24)15-19-13-14-21(31-19)17-9-11-18(12-10-17)27(29)30/h5-15H,3-4H2,1-2H3/b22-15+,25-24?. The van der Waals surface area contributed by atoms with E-state index in [4.69, 9.17) is 9.41 Å². The number of carbonyl (C=O) groups excluding carboxylic acids is 1. The molecule has 1 saturated heterocycles. The second-order valence-corrected chi connectivity index (χ2v) is 8.05. The second kappa shape index (κ2) is 9.23. The van der Waals surface area contributed by atoms with E-state index in [0.29, 0.717) is 28.1 Å². The molecule has 1 aromatic heterocycles. The van der Waals surface area contributed by atoms with Crippen LogP contribution in [-0.4, -0.2) is 27.4 Å². The third kappa shape index (κ3) is 4.36. The maximum Gasteiger partial charge on any atom is 0.269 e. The summed E-state index contributed by atoms with van der Waals surface area (Å²) >= 11 is 1.32. The first-order chi connectivity index (χ1) is 15.5. The lowest BCUT2D eigenvalue weighted by Gasteiger charge is -2.12. The molecule has 1 aliphatic heterocycles. The number of rotatable bonds is 6. The van der Waals surface area contributed by atoms with E-state index in [1.165, 1.54) is 23.9 Å². The zero-order chi connectivity index (χ0) is 22.7. The number of nitrogens with zero attached hydrogens (tertiary/aromatic N) is 3. The molecule has 0 bridgehead atoms. The summed E-state index contributed by atoms with van der Waals surface area (Å²) in [6.45, 7) is 4.51. The fraction of sp³-hybridized carbons (Fsp3) is 0.167. The number of aliphatic imine (C=N–C) groups is 1. The number of furan rings is 1. The van der Waals surface area contributed by atoms with Crippen molar-refractivity contribution in [3.05, 3.63) is 87.0 Å². The highest BCUT2D eigenvalue weighted by Crippen LogP contribution is 2.35. The van der Waals surface area contributed by atoms with E-state index in [-0.39, 0.29) is 11.6 Å². The molecule has 7 nitrogen and oxygen atoms in total. The Morgan fingerprint density at radius 1 is 1.09 bits per heavy atom. The molecule has 8 heteroatoms. The van der Waals surface area contributed by atoms with Crippen molar-refractivity contribution in [1.29, 1.82) is 0 Å². The quantitative estimate of drug-likeness (QED) is 0.261. The van der Waals surface area contributed by atoms with Crippen LogP contribution in [0.5, 0.6) is 0 Å². The summed E-state index contributed by atoms with van der Waals surface area (Å²) in [5.74, 6) is 0.985. The Hall–Kier alpha value is -3.65. The molecule has 0 spiro atoms. The van der Waals surface area contributed by atoms with Crippen molar-refractivity contribution < 1.29 is 14.1 Å². The first-order valence-corrected chi connectivity index (χ1v) is 11.0. The molecule has 1 fully saturated rings. The number of thioether (sulfide) groups is 1. The van der Waals surface area contributed by atoms with Crippen molar-refractivity contribution in [2.75, 3.05) is 6.54 Å². The highest BCUT2D eigenvalue weighted by Gasteiger charge is 2.32. The van der Waals surface area contributed by atoms with Gasteiger partial charge in [0.1, 0.15) is 11.5 Å². The number of nitro groups is 1. The molecule has 0 N–H and O–H groups in total. The highest BCUT2D eigenvalue weighted by atomic mass is 32.2. The monoisotopic (exact) mass is 447 g/mol. The number of amides is 1. The van der Waals surface area contributed by atoms with Crippen LogP contribution in [0.25, 0.3) is 17.4 Å². The molecule has 3 aromatic rings. The van der Waals surface area contributed by atoms with Crippen LogP contribution in [0.1, 0.15) is 25.2 Å². The average molecular weight is 448 g/mol. The number of hydrogen-bond donors (Lipinski definition) is 0. The number of hydrogen-bond acceptors (Lipinski definition) is 6. The number of amidine groups is 1. The zero-order valence-electron chi connectivity index (χ0n) is 17.6. The molecule has 0 unspecified atom stereocenters. The van der Waals surface area contributed by atoms with Crippen LogP contribution in [0.4, 0.5) is 11.4 Å². The Balaban J connectivity index is 1.60. The Morgan fingerprint density at radius 3 is 2.53 bits per heavy atom. The van der Waals surface area contributed by atoms with Gasteiger partial charge < -0.3 is 4.42 Å². The van der Waals surface area contributed by atoms with E-state index >= 15 is 0 Å². The molecule has 32 heavy (non-hydrogen) atoms. The number of carbonyl (C=O) groups is 1. The summed E-state index contributed by atoms with van der Waals surface area (Å²) in [5, 5.41) is 11.5. The van der Waals surface area contributed by atoms with Crippen LogP contribution >= 0.6 is 11.8 Å². The van der Waals surface area contributed by atoms with E-state index in [9.17, 15) is 14.9 Å². The van der Waals surface area contributed by atoms with Gasteiger partial charge in [0.2, 0.25) is 0 Å². The van der Waals surface area contributed by atoms with Crippen molar-refractivity contribution in [2.45, 2.75) is 20.3 Å². The maximum atomic E-state index is 12.9. The van der Waals surface area contributed by atoms with E-state index < -0.39 is 4.92 Å². The van der Waals surface area contributed by atoms with Gasteiger partial charge in [-0.25, -0.2) is 4.99 Å². The first-order valence-electron chi connectivity index (χ1n) is 10.2. The van der Waals surface area contributed by atoms with Crippen molar-refractivity contribution in [3.8, 4) is 11.3 Å². The van der Waals surface area contributed by atoms with Crippen LogP contribution in [0.3, 0.4) is 0 Å². The minimum absolute atomic E-state index is 0.0201. The highest BCUT2D eigenvalue weighted by molar-refractivity contribution is 8.18. The number of likely N-dealkylation sites (N-methyl/N-ethyl adjacent to an activating group) is 1. The third-order valence-corrected chi connectivity index (χ3v) is 6.06. The molecule has 1 aliphatic rings. The van der Waals surface area contributed by atoms with Crippen molar-refractivity contribution in [1.82, 2.24) is 4.90 Å². The van der Waals surface area contributed by atoms with Gasteiger partial charge in [0.15, 0.2) is 5.17 Å². The molecule has 0 radical (unpaired) electrons. The summed E-state index contributed by atoms with van der Waals surface area (Å²) < 4.78 is 5.87. The Labute approximate surface area is 189 Å². The van der Waals surface area contributed by atoms with Crippen LogP contribution in [0.15, 0.2) is 75.0 Å². The van der Waals surface area contributed by atoms with Crippen LogP contribution in [-0.2, 0) is 11.2 Å². The van der Waals surface area contributed by atoms with Crippen molar-refractivity contribution in [3.63, 3.8) is 0 Å². The Morgan fingerprint density at radius 2 is 1.84 bits per heavy atom. The van der Waals surface area contributed by atoms with Gasteiger partial charge in [-0.3, -0.25) is 19.8 Å². The molecule has 0 aliphatic carbocycles. The molecule has 1 amide bonds. The topological polar surface area (TPSA) is 89.0 Å². The first kappa shape index (κ1) is 21.6. The summed E-state index contributed by atoms with van der Waals surface area (Å²) in [6.07, 6.45) is 2.57. The maximum absolute atomic E-state index is 12.9. The average Bonchev–Trinajstić information content (AvgIpc) is 3.39. The Bertz CT molecular complexity index is 1230. The minimum Gasteiger partial charge on any atom is -0.457 e. The van der Waals surface area contributed by atoms with E-state index in [0.717, 1.165) is 23.2 Å². The normalized spacial score (nSPS) is 16.3. The largest absolute Gasteiger partial charge is 0.457 e. The molecule has 2 heterocycles. The van der Waals surface area contributed by atoms with Gasteiger partial charge in [0.25, 0.3) is 11.6 Å². The van der Waals surface area contributed by atoms with Gasteiger partial charge in [-0.2, -0.15) is 0 Å². The number of non-ortho nitro benzene ring substituents is 1. The molecule has 4 rings (SSSR count). The van der Waals surface area contributed by atoms with Gasteiger partial charge in [0.05, 0.1) is 15.5 Å². The van der Waals surface area contributed by atoms with E-state index in [1.54, 1.807) is 35.2 Å². The number of benzene rings is 2. The SMILES string of the molecule is CCc1ccccc1N=C1S/C(=C/c2ccc(-c3ccc([N+](=O)[O-])cc3)o2)C(=O)N1CC. The minimum atomic E-state index is -0.442. The number of nitro benzene ring substituents is 1. The predicted octanol–water partition coefficient (Wildman–Crippen LogP) is 6.04. The lowest BCUT2D eigenvalue weighted by atomic mass is 10.1. The van der Waals surface area contributed by atoms with E-state index in [1.807, 2.05) is 31.2 Å². The lowest BCUT2D eigenvalue weighted by molar-refractivity contribution is -0.384. The molecular weight excluding hydrogens is 426 g/mol. The fourth-order valence-electron chi connectivity index (χ4n) is 3.35. The summed E-state index contributed by atoms with van der Waals surface area (Å²) in [4.78, 5) is 30.3. The predicted molar refractivity (Wildman–Crippen MR) is 127 cm³/mol. The van der Waals surface area contributed by atoms with Crippen LogP contribution in [0.2, 0.25) is 0 Å². The number of aryl methyl sites for hydroxylation is 1. The molecule has 0 saturated carbocycles. The molecule has 162 valence electrons. The second-order valence-electron chi connectivity index (χ2n) is 7.04. The zero-order valence-corrected chi connectivity index (χ0v) is 18.5. The van der Waals surface area contributed by atoms with Crippen LogP contribution in [0, 0.1) is 10.1 Å². The Kier molecular flexibility index (Phi) is 6.23. The van der Waals surface area contributed by atoms with E-state index in [2.05, 4.69) is 6.92 Å². The third-order valence-electron chi connectivity index (χ3n) is 5.06. The summed E-state index contributed by atoms with van der Waals surface area (Å²) in [5.41, 5.74) is 2.73. The van der Waals surface area contributed by atoms with Gasteiger partial charge in [-0.05, 0) is 61.0 Å². The van der Waals surface area contributed by atoms with Gasteiger partial charge in [-0.15, -0.1) is 0 Å². The van der Waals surface area contributed by atoms with Gasteiger partial charge in [-0.1, -0.05) is 25.1 Å². The lowest BCUT2D eigenvalue weighted by Crippen LogP contribution is -2.28. The summed E-state index contributed by atoms with van der Waals surface area (Å²) in [7, 11) is 0. The van der Waals surface area contributed by atoms with Gasteiger partial charge in [0, 0.05) is 30.3 Å². The number of para-hydroxylation sites is 1. The van der Waals surface area contributed by atoms with Crippen LogP contribution < -0.4 is 0 Å². The molecule has 2 aromatic carbocycles. The molecular formula is C24H21N3O4S.